The van der Waals surface area contributed by atoms with E-state index in [-0.39, 0.29) is 48.4 Å². The number of furan rings is 1. The molecule has 1 aromatic heterocycles. The van der Waals surface area contributed by atoms with Crippen LogP contribution in [0.2, 0.25) is 0 Å². The summed E-state index contributed by atoms with van der Waals surface area (Å²) in [5.41, 5.74) is -3.84. The van der Waals surface area contributed by atoms with Crippen LogP contribution >= 0.6 is 0 Å². The van der Waals surface area contributed by atoms with Crippen molar-refractivity contribution in [2.75, 3.05) is 6.61 Å². The Morgan fingerprint density at radius 3 is 2.76 bits per heavy atom. The molecule has 5 unspecified atom stereocenters. The summed E-state index contributed by atoms with van der Waals surface area (Å²) in [7, 11) is 0. The molecule has 0 radical (unpaired) electrons. The van der Waals surface area contributed by atoms with Gasteiger partial charge in [-0.25, -0.2) is 13.6 Å². The number of ether oxygens (including phenoxy) is 1. The van der Waals surface area contributed by atoms with Gasteiger partial charge in [-0.2, -0.15) is 0 Å². The van der Waals surface area contributed by atoms with E-state index >= 15 is 8.78 Å². The molecular formula is C26H32F2O5. The molecule has 0 spiro atoms. The van der Waals surface area contributed by atoms with Crippen LogP contribution in [0, 0.1) is 28.6 Å². The lowest BCUT2D eigenvalue weighted by molar-refractivity contribution is -0.202. The van der Waals surface area contributed by atoms with Gasteiger partial charge in [-0.3, -0.25) is 4.79 Å². The first-order valence-corrected chi connectivity index (χ1v) is 11.6. The lowest BCUT2D eigenvalue weighted by atomic mass is 9.44. The van der Waals surface area contributed by atoms with Crippen LogP contribution in [0.25, 0.3) is 0 Å². The molecule has 3 aliphatic carbocycles. The summed E-state index contributed by atoms with van der Waals surface area (Å²) in [4.78, 5) is 24.0. The van der Waals surface area contributed by atoms with Crippen molar-refractivity contribution >= 4 is 11.8 Å². The van der Waals surface area contributed by atoms with Crippen LogP contribution in [0.15, 0.2) is 46.6 Å². The SMILES string of the molecule is CC(COC(=O)c1ccco1)CC1C2CC(F)C3=CC(=O)C=C[C@]3(C)C2(F)[C@@H](O)CC1(C)C. The number of aliphatic hydroxyl groups excluding tert-OH is 1. The molecule has 0 aliphatic heterocycles. The molecule has 0 amide bonds. The fourth-order valence-electron chi connectivity index (χ4n) is 6.43. The number of carbonyl (C=O) groups is 2. The summed E-state index contributed by atoms with van der Waals surface area (Å²) in [6, 6.07) is 3.12. The molecule has 2 fully saturated rings. The Balaban J connectivity index is 1.59. The number of carbonyl (C=O) groups excluding carboxylic acids is 2. The zero-order chi connectivity index (χ0) is 24.2. The zero-order valence-corrected chi connectivity index (χ0v) is 19.5. The number of ketones is 1. The van der Waals surface area contributed by atoms with Gasteiger partial charge < -0.3 is 14.3 Å². The number of allylic oxidation sites excluding steroid dienone is 4. The van der Waals surface area contributed by atoms with Crippen LogP contribution in [0.3, 0.4) is 0 Å². The molecule has 1 heterocycles. The fourth-order valence-corrected chi connectivity index (χ4v) is 6.43. The summed E-state index contributed by atoms with van der Waals surface area (Å²) in [6.45, 7) is 7.58. The standard InChI is InChI=1S/C26H32F2O5/c1-15(14-33-23(31)21-6-5-9-32-21)10-17-18-12-20(27)19-11-16(29)7-8-25(19,4)26(18,28)22(30)13-24(17,2)3/h5-9,11,15,17-18,20,22,30H,10,12-14H2,1-4H3/t15?,17?,18?,20?,22-,25-,26?/m0/s1. The van der Waals surface area contributed by atoms with E-state index in [1.54, 1.807) is 13.0 Å². The van der Waals surface area contributed by atoms with Gasteiger partial charge in [0.1, 0.15) is 6.17 Å². The van der Waals surface area contributed by atoms with E-state index < -0.39 is 40.7 Å². The average molecular weight is 463 g/mol. The summed E-state index contributed by atoms with van der Waals surface area (Å²) < 4.78 is 42.9. The van der Waals surface area contributed by atoms with Crippen molar-refractivity contribution in [2.45, 2.75) is 64.9 Å². The van der Waals surface area contributed by atoms with Crippen molar-refractivity contribution in [3.63, 3.8) is 0 Å². The van der Waals surface area contributed by atoms with E-state index in [1.165, 1.54) is 30.6 Å². The van der Waals surface area contributed by atoms with Gasteiger partial charge in [0.05, 0.1) is 19.0 Å². The van der Waals surface area contributed by atoms with E-state index in [0.29, 0.717) is 6.42 Å². The van der Waals surface area contributed by atoms with Gasteiger partial charge in [0.2, 0.25) is 5.76 Å². The van der Waals surface area contributed by atoms with Crippen molar-refractivity contribution in [3.05, 3.63) is 48.0 Å². The van der Waals surface area contributed by atoms with Crippen LogP contribution < -0.4 is 0 Å². The maximum atomic E-state index is 17.1. The smallest absolute Gasteiger partial charge is 0.374 e. The largest absolute Gasteiger partial charge is 0.460 e. The van der Waals surface area contributed by atoms with E-state index in [9.17, 15) is 14.7 Å². The summed E-state index contributed by atoms with van der Waals surface area (Å²) >= 11 is 0. The topological polar surface area (TPSA) is 76.7 Å². The number of fused-ring (bicyclic) bond motifs is 3. The van der Waals surface area contributed by atoms with Crippen LogP contribution in [0.5, 0.6) is 0 Å². The van der Waals surface area contributed by atoms with Gasteiger partial charge in [-0.15, -0.1) is 0 Å². The van der Waals surface area contributed by atoms with E-state index in [2.05, 4.69) is 0 Å². The Morgan fingerprint density at radius 1 is 1.36 bits per heavy atom. The van der Waals surface area contributed by atoms with Crippen LogP contribution in [-0.4, -0.2) is 41.4 Å². The number of alkyl halides is 2. The summed E-state index contributed by atoms with van der Waals surface area (Å²) in [6.07, 6.45) is 3.17. The van der Waals surface area contributed by atoms with E-state index in [4.69, 9.17) is 9.15 Å². The molecule has 33 heavy (non-hydrogen) atoms. The molecule has 4 rings (SSSR count). The third-order valence-electron chi connectivity index (χ3n) is 8.18. The first kappa shape index (κ1) is 23.9. The van der Waals surface area contributed by atoms with Crippen LogP contribution in [0.4, 0.5) is 8.78 Å². The predicted octanol–water partition coefficient (Wildman–Crippen LogP) is 5.01. The molecule has 0 bridgehead atoms. The highest BCUT2D eigenvalue weighted by molar-refractivity contribution is 6.01. The fraction of sp³-hybridized carbons (Fsp3) is 0.615. The lowest BCUT2D eigenvalue weighted by Crippen LogP contribution is -2.68. The van der Waals surface area contributed by atoms with Gasteiger partial charge in [0.15, 0.2) is 11.5 Å². The molecule has 180 valence electrons. The number of rotatable bonds is 5. The number of aliphatic hydroxyl groups is 1. The number of hydrogen-bond donors (Lipinski definition) is 1. The summed E-state index contributed by atoms with van der Waals surface area (Å²) in [5.74, 6) is -1.93. The zero-order valence-electron chi connectivity index (χ0n) is 19.5. The monoisotopic (exact) mass is 462 g/mol. The Kier molecular flexibility index (Phi) is 5.92. The minimum absolute atomic E-state index is 0.0941. The lowest BCUT2D eigenvalue weighted by Gasteiger charge is -2.62. The van der Waals surface area contributed by atoms with Crippen molar-refractivity contribution in [3.8, 4) is 0 Å². The number of hydrogen-bond acceptors (Lipinski definition) is 5. The molecule has 0 saturated heterocycles. The highest BCUT2D eigenvalue weighted by Crippen LogP contribution is 2.65. The first-order chi connectivity index (χ1) is 15.4. The second-order valence-electron chi connectivity index (χ2n) is 10.8. The summed E-state index contributed by atoms with van der Waals surface area (Å²) in [5, 5.41) is 11.1. The van der Waals surface area contributed by atoms with Crippen molar-refractivity contribution in [2.24, 2.45) is 28.6 Å². The number of halogens is 2. The number of esters is 1. The Hall–Kier alpha value is -2.28. The quantitative estimate of drug-likeness (QED) is 0.623. The molecule has 7 atom stereocenters. The molecule has 1 aromatic rings. The molecular weight excluding hydrogens is 430 g/mol. The minimum Gasteiger partial charge on any atom is -0.460 e. The van der Waals surface area contributed by atoms with E-state index in [1.807, 2.05) is 20.8 Å². The van der Waals surface area contributed by atoms with Gasteiger partial charge in [-0.05, 0) is 73.3 Å². The van der Waals surface area contributed by atoms with Gasteiger partial charge in [-0.1, -0.05) is 26.8 Å². The molecule has 5 nitrogen and oxygen atoms in total. The van der Waals surface area contributed by atoms with Gasteiger partial charge in [0.25, 0.3) is 0 Å². The molecule has 1 N–H and O–H groups in total. The minimum atomic E-state index is -2.11. The molecule has 3 aliphatic rings. The first-order valence-electron chi connectivity index (χ1n) is 11.6. The molecule has 0 aromatic carbocycles. The Labute approximate surface area is 192 Å². The Bertz CT molecular complexity index is 981. The van der Waals surface area contributed by atoms with Crippen LogP contribution in [-0.2, 0) is 9.53 Å². The second kappa shape index (κ2) is 8.19. The normalized spacial score (nSPS) is 38.2. The van der Waals surface area contributed by atoms with E-state index in [0.717, 1.165) is 0 Å². The molecule has 2 saturated carbocycles. The van der Waals surface area contributed by atoms with Crippen LogP contribution in [0.1, 0.15) is 57.5 Å². The maximum Gasteiger partial charge on any atom is 0.374 e. The third-order valence-corrected chi connectivity index (χ3v) is 8.18. The second-order valence-corrected chi connectivity index (χ2v) is 10.8. The predicted molar refractivity (Wildman–Crippen MR) is 118 cm³/mol. The van der Waals surface area contributed by atoms with Crippen molar-refractivity contribution in [1.82, 2.24) is 0 Å². The highest BCUT2D eigenvalue weighted by Gasteiger charge is 2.69. The van der Waals surface area contributed by atoms with Crippen molar-refractivity contribution in [1.29, 1.82) is 0 Å². The Morgan fingerprint density at radius 2 is 2.09 bits per heavy atom. The highest BCUT2D eigenvalue weighted by atomic mass is 19.1. The molecule has 7 heteroatoms. The third kappa shape index (κ3) is 3.78. The van der Waals surface area contributed by atoms with Gasteiger partial charge in [0, 0.05) is 11.3 Å². The average Bonchev–Trinajstić information content (AvgIpc) is 3.28. The maximum absolute atomic E-state index is 17.1. The van der Waals surface area contributed by atoms with Crippen molar-refractivity contribution < 1.29 is 32.6 Å². The van der Waals surface area contributed by atoms with Gasteiger partial charge >= 0.3 is 5.97 Å².